The summed E-state index contributed by atoms with van der Waals surface area (Å²) in [5, 5.41) is 0. The second-order valence-corrected chi connectivity index (χ2v) is 1.60. The molecule has 0 atom stereocenters. The highest BCUT2D eigenvalue weighted by atomic mass is 14.7. The molecule has 0 aliphatic carbocycles. The summed E-state index contributed by atoms with van der Waals surface area (Å²) in [6, 6.07) is 0. The molecule has 44 valence electrons. The van der Waals surface area contributed by atoms with Crippen LogP contribution in [0.1, 0.15) is 6.92 Å². The molecule has 1 aliphatic rings. The van der Waals surface area contributed by atoms with Crippen LogP contribution in [0.15, 0.2) is 34.0 Å². The normalized spacial score (nSPS) is 20.8. The van der Waals surface area contributed by atoms with E-state index in [0.717, 1.165) is 5.70 Å². The maximum absolute atomic E-state index is 3.87. The van der Waals surface area contributed by atoms with Crippen LogP contribution in [0.5, 0.6) is 0 Å². The van der Waals surface area contributed by atoms with Gasteiger partial charge in [-0.3, -0.25) is 0 Å². The molecule has 0 amide bonds. The highest BCUT2D eigenvalue weighted by Crippen LogP contribution is 1.91. The molecule has 0 saturated heterocycles. The molecule has 0 aromatic rings. The van der Waals surface area contributed by atoms with Crippen LogP contribution in [0.25, 0.3) is 0 Å². The van der Waals surface area contributed by atoms with Crippen LogP contribution in [-0.2, 0) is 0 Å². The zero-order valence-electron chi connectivity index (χ0n) is 5.13. The maximum Gasteiger partial charge on any atom is 0.0981 e. The second kappa shape index (κ2) is 2.83. The van der Waals surface area contributed by atoms with Crippen molar-refractivity contribution in [2.24, 2.45) is 9.98 Å². The summed E-state index contributed by atoms with van der Waals surface area (Å²) >= 11 is 0. The first-order valence-corrected chi connectivity index (χ1v) is 2.63. The van der Waals surface area contributed by atoms with Gasteiger partial charge in [-0.05, 0) is 18.9 Å². The van der Waals surface area contributed by atoms with Crippen molar-refractivity contribution in [2.45, 2.75) is 6.92 Å². The quantitative estimate of drug-likeness (QED) is 0.458. The summed E-state index contributed by atoms with van der Waals surface area (Å²) in [7, 11) is 0. The van der Waals surface area contributed by atoms with Gasteiger partial charge in [0.05, 0.1) is 6.20 Å². The number of allylic oxidation sites excluding steroid dienone is 3. The second-order valence-electron chi connectivity index (χ2n) is 1.60. The molecule has 0 spiro atoms. The molecular weight excluding hydrogens is 112 g/mol. The molecule has 1 rings (SSSR count). The largest absolute Gasteiger partial charge is 0.209 e. The fraction of sp³-hybridized carbons (Fsp3) is 0.143. The molecule has 1 aliphatic heterocycles. The minimum atomic E-state index is 0.911. The van der Waals surface area contributed by atoms with Gasteiger partial charge in [0.2, 0.25) is 0 Å². The van der Waals surface area contributed by atoms with Crippen molar-refractivity contribution in [3.05, 3.63) is 24.0 Å². The predicted octanol–water partition coefficient (Wildman–Crippen LogP) is 1.31. The summed E-state index contributed by atoms with van der Waals surface area (Å²) in [4.78, 5) is 7.56. The van der Waals surface area contributed by atoms with Gasteiger partial charge >= 0.3 is 0 Å². The summed E-state index contributed by atoms with van der Waals surface area (Å²) in [5.41, 5.74) is 0.911. The van der Waals surface area contributed by atoms with E-state index >= 15 is 0 Å². The Kier molecular flexibility index (Phi) is 1.81. The Bertz CT molecular complexity index is 246. The average Bonchev–Trinajstić information content (AvgIpc) is 1.79. The molecule has 0 aromatic carbocycles. The SMILES string of the molecule is C/C1=C/C=C=NC=C=N1. The van der Waals surface area contributed by atoms with E-state index in [9.17, 15) is 0 Å². The zero-order chi connectivity index (χ0) is 6.53. The van der Waals surface area contributed by atoms with Crippen molar-refractivity contribution in [3.8, 4) is 0 Å². The van der Waals surface area contributed by atoms with Crippen molar-refractivity contribution in [2.75, 3.05) is 0 Å². The van der Waals surface area contributed by atoms with Crippen LogP contribution in [-0.4, -0.2) is 11.7 Å². The van der Waals surface area contributed by atoms with E-state index in [1.54, 1.807) is 6.08 Å². The number of hydrogen-bond donors (Lipinski definition) is 0. The fourth-order valence-corrected chi connectivity index (χ4v) is 0.435. The minimum Gasteiger partial charge on any atom is -0.209 e. The topological polar surface area (TPSA) is 24.7 Å². The Hall–Kier alpha value is -1.36. The Labute approximate surface area is 53.6 Å². The van der Waals surface area contributed by atoms with Gasteiger partial charge in [0.15, 0.2) is 0 Å². The molecule has 0 saturated carbocycles. The van der Waals surface area contributed by atoms with Crippen LogP contribution in [0, 0.1) is 0 Å². The van der Waals surface area contributed by atoms with Crippen LogP contribution in [0.2, 0.25) is 0 Å². The third-order valence-electron chi connectivity index (χ3n) is 0.837. The smallest absolute Gasteiger partial charge is 0.0981 e. The van der Waals surface area contributed by atoms with E-state index < -0.39 is 0 Å². The molecule has 0 fully saturated rings. The molecule has 0 bridgehead atoms. The third kappa shape index (κ3) is 1.92. The predicted molar refractivity (Wildman–Crippen MR) is 37.8 cm³/mol. The summed E-state index contributed by atoms with van der Waals surface area (Å²) in [5.74, 6) is 5.28. The van der Waals surface area contributed by atoms with Gasteiger partial charge in [0.25, 0.3) is 0 Å². The van der Waals surface area contributed by atoms with Gasteiger partial charge in [0, 0.05) is 17.6 Å². The lowest BCUT2D eigenvalue weighted by Crippen LogP contribution is -1.68. The van der Waals surface area contributed by atoms with Gasteiger partial charge in [-0.15, -0.1) is 0 Å². The standard InChI is InChI=1S/C7H6N2/c1-7-3-2-4-8-5-6-9-7/h2-3,5H,1H3/b7-3-. The zero-order valence-corrected chi connectivity index (χ0v) is 5.13. The molecule has 2 heteroatoms. The summed E-state index contributed by atoms with van der Waals surface area (Å²) in [6.45, 7) is 1.89. The van der Waals surface area contributed by atoms with Gasteiger partial charge in [-0.2, -0.15) is 0 Å². The highest BCUT2D eigenvalue weighted by molar-refractivity contribution is 5.62. The van der Waals surface area contributed by atoms with Crippen molar-refractivity contribution in [1.29, 1.82) is 0 Å². The van der Waals surface area contributed by atoms with Gasteiger partial charge in [0.1, 0.15) is 0 Å². The van der Waals surface area contributed by atoms with Gasteiger partial charge in [-0.1, -0.05) is 0 Å². The first-order valence-electron chi connectivity index (χ1n) is 2.63. The van der Waals surface area contributed by atoms with Crippen LogP contribution >= 0.6 is 0 Å². The van der Waals surface area contributed by atoms with E-state index in [1.165, 1.54) is 6.20 Å². The highest BCUT2D eigenvalue weighted by Gasteiger charge is 1.76. The lowest BCUT2D eigenvalue weighted by molar-refractivity contribution is 1.32. The molecule has 0 N–H and O–H groups in total. The Morgan fingerprint density at radius 2 is 2.33 bits per heavy atom. The first kappa shape index (κ1) is 5.77. The number of rotatable bonds is 0. The van der Waals surface area contributed by atoms with E-state index in [0.29, 0.717) is 0 Å². The number of hydrogen-bond acceptors (Lipinski definition) is 2. The monoisotopic (exact) mass is 118 g/mol. The van der Waals surface area contributed by atoms with Crippen LogP contribution in [0.4, 0.5) is 0 Å². The lowest BCUT2D eigenvalue weighted by atomic mass is 10.4. The Balaban J connectivity index is 3.05. The van der Waals surface area contributed by atoms with E-state index in [1.807, 2.05) is 13.0 Å². The molecule has 9 heavy (non-hydrogen) atoms. The van der Waals surface area contributed by atoms with E-state index in [4.69, 9.17) is 0 Å². The fourth-order valence-electron chi connectivity index (χ4n) is 0.435. The van der Waals surface area contributed by atoms with E-state index in [2.05, 4.69) is 21.7 Å². The average molecular weight is 118 g/mol. The molecule has 0 radical (unpaired) electrons. The van der Waals surface area contributed by atoms with E-state index in [-0.39, 0.29) is 0 Å². The van der Waals surface area contributed by atoms with Crippen LogP contribution < -0.4 is 0 Å². The van der Waals surface area contributed by atoms with Crippen molar-refractivity contribution in [3.63, 3.8) is 0 Å². The molecule has 0 aromatic heterocycles. The Morgan fingerprint density at radius 3 is 3.22 bits per heavy atom. The minimum absolute atomic E-state index is 0.911. The van der Waals surface area contributed by atoms with Crippen molar-refractivity contribution >= 4 is 11.7 Å². The number of nitrogens with zero attached hydrogens (tertiary/aromatic N) is 2. The van der Waals surface area contributed by atoms with Gasteiger partial charge < -0.3 is 0 Å². The van der Waals surface area contributed by atoms with Crippen LogP contribution in [0.3, 0.4) is 0 Å². The molecule has 2 nitrogen and oxygen atoms in total. The maximum atomic E-state index is 3.87. The first-order chi connectivity index (χ1) is 4.39. The number of aliphatic imine (C=N–C) groups is 2. The summed E-state index contributed by atoms with van der Waals surface area (Å²) in [6.07, 6.45) is 5.02. The molecule has 1 heterocycles. The lowest BCUT2D eigenvalue weighted by Gasteiger charge is -1.82. The van der Waals surface area contributed by atoms with Crippen molar-refractivity contribution < 1.29 is 0 Å². The van der Waals surface area contributed by atoms with Gasteiger partial charge in [-0.25, -0.2) is 9.98 Å². The Morgan fingerprint density at radius 1 is 1.44 bits per heavy atom. The molecule has 0 unspecified atom stereocenters. The third-order valence-corrected chi connectivity index (χ3v) is 0.837. The van der Waals surface area contributed by atoms with Crippen molar-refractivity contribution in [1.82, 2.24) is 0 Å². The summed E-state index contributed by atoms with van der Waals surface area (Å²) < 4.78 is 0. The molecular formula is C7H6N2.